The van der Waals surface area contributed by atoms with Crippen LogP contribution in [0.1, 0.15) is 53.2 Å². The summed E-state index contributed by atoms with van der Waals surface area (Å²) in [5.74, 6) is -0.333. The van der Waals surface area contributed by atoms with Crippen molar-refractivity contribution < 1.29 is 24.5 Å². The number of carbonyl (C=O) groups is 1. The zero-order valence-corrected chi connectivity index (χ0v) is 21.8. The minimum absolute atomic E-state index is 0. The van der Waals surface area contributed by atoms with Crippen molar-refractivity contribution in [3.8, 4) is 0 Å². The van der Waals surface area contributed by atoms with Crippen molar-refractivity contribution >= 4 is 64.2 Å². The van der Waals surface area contributed by atoms with E-state index in [1.807, 2.05) is 0 Å². The fourth-order valence-corrected chi connectivity index (χ4v) is 5.03. The second-order valence-electron chi connectivity index (χ2n) is 8.89. The van der Waals surface area contributed by atoms with Gasteiger partial charge in [-0.15, -0.1) is 24.8 Å². The topological polar surface area (TPSA) is 188 Å². The lowest BCUT2D eigenvalue weighted by Crippen LogP contribution is -2.40. The van der Waals surface area contributed by atoms with Gasteiger partial charge in [0.2, 0.25) is 5.95 Å². The Hall–Kier alpha value is -1.74. The first-order chi connectivity index (χ1) is 15.7. The van der Waals surface area contributed by atoms with Gasteiger partial charge in [-0.1, -0.05) is 45.5 Å². The Bertz CT molecular complexity index is 1080. The molecule has 0 bridgehead atoms. The van der Waals surface area contributed by atoms with E-state index in [9.17, 15) is 19.8 Å². The summed E-state index contributed by atoms with van der Waals surface area (Å²) in [6, 6.07) is -0.585. The van der Waals surface area contributed by atoms with Gasteiger partial charge in [0, 0.05) is 6.04 Å². The van der Waals surface area contributed by atoms with Crippen LogP contribution in [0.25, 0.3) is 10.3 Å². The number of aromatic nitrogens is 3. The van der Waals surface area contributed by atoms with Gasteiger partial charge in [-0.25, -0.2) is 0 Å². The van der Waals surface area contributed by atoms with E-state index in [2.05, 4.69) is 15.3 Å². The van der Waals surface area contributed by atoms with Crippen LogP contribution in [0.4, 0.5) is 11.8 Å². The molecule has 7 N–H and O–H groups in total. The van der Waals surface area contributed by atoms with E-state index < -0.39 is 41.4 Å². The van der Waals surface area contributed by atoms with Gasteiger partial charge in [0.25, 0.3) is 0 Å². The largest absolute Gasteiger partial charge is 0.462 e. The second-order valence-corrected chi connectivity index (χ2v) is 9.85. The van der Waals surface area contributed by atoms with Crippen LogP contribution in [0.3, 0.4) is 0 Å². The molecule has 36 heavy (non-hydrogen) atoms. The number of carbonyl (C=O) groups excluding carboxylic acids is 1. The number of hydrogen-bond donors (Lipinski definition) is 5. The zero-order chi connectivity index (χ0) is 23.9. The molecule has 2 aliphatic rings. The number of nitrogens with one attached hydrogen (secondary N) is 1. The molecule has 0 spiro atoms. The molecule has 0 unspecified atom stereocenters. The van der Waals surface area contributed by atoms with Crippen molar-refractivity contribution in [1.29, 1.82) is 0 Å². The van der Waals surface area contributed by atoms with E-state index in [-0.39, 0.29) is 62.4 Å². The molecule has 2 aromatic heterocycles. The quantitative estimate of drug-likeness (QED) is 0.302. The number of nitrogen functional groups attached to an aromatic ring is 1. The molecular weight excluding hydrogens is 535 g/mol. The zero-order valence-electron chi connectivity index (χ0n) is 19.3. The third kappa shape index (κ3) is 6.39. The van der Waals surface area contributed by atoms with E-state index in [4.69, 9.17) is 20.9 Å². The van der Waals surface area contributed by atoms with Gasteiger partial charge in [-0.05, 0) is 18.8 Å². The van der Waals surface area contributed by atoms with E-state index in [1.54, 1.807) is 13.8 Å². The number of aliphatic hydroxyl groups is 2. The average Bonchev–Trinajstić information content (AvgIpc) is 3.46. The van der Waals surface area contributed by atoms with Crippen LogP contribution < -0.4 is 21.7 Å². The molecule has 0 aromatic carbocycles. The summed E-state index contributed by atoms with van der Waals surface area (Å²) in [6.07, 6.45) is -0.903. The molecular formula is C21H36Cl2N6O6S. The van der Waals surface area contributed by atoms with Gasteiger partial charge < -0.3 is 36.5 Å². The predicted octanol–water partition coefficient (Wildman–Crippen LogP) is 1.42. The molecule has 2 aromatic rings. The van der Waals surface area contributed by atoms with E-state index in [1.165, 1.54) is 0 Å². The fourth-order valence-electron chi connectivity index (χ4n) is 4.13. The number of hydrogen-bond acceptors (Lipinski definition) is 12. The van der Waals surface area contributed by atoms with Crippen molar-refractivity contribution in [2.45, 2.75) is 83.6 Å². The number of fused-ring (bicyclic) bond motifs is 1. The molecule has 3 heterocycles. The highest BCUT2D eigenvalue weighted by Gasteiger charge is 2.46. The maximum absolute atomic E-state index is 12.9. The van der Waals surface area contributed by atoms with E-state index in [0.29, 0.717) is 10.5 Å². The Balaban J connectivity index is 0.00000216. The van der Waals surface area contributed by atoms with Crippen LogP contribution in [0.5, 0.6) is 0 Å². The van der Waals surface area contributed by atoms with Crippen LogP contribution in [0, 0.1) is 5.92 Å². The summed E-state index contributed by atoms with van der Waals surface area (Å²) in [5, 5.41) is 24.4. The summed E-state index contributed by atoms with van der Waals surface area (Å²) in [6.45, 7) is 3.24. The number of thiazole rings is 1. The first-order valence-corrected chi connectivity index (χ1v) is 11.9. The van der Waals surface area contributed by atoms with Crippen LogP contribution in [-0.4, -0.2) is 67.7 Å². The molecule has 12 nitrogen and oxygen atoms in total. The summed E-state index contributed by atoms with van der Waals surface area (Å²) in [7, 11) is 0. The van der Waals surface area contributed by atoms with Crippen LogP contribution in [0.15, 0.2) is 4.79 Å². The summed E-state index contributed by atoms with van der Waals surface area (Å²) in [5.41, 5.74) is 11.9. The van der Waals surface area contributed by atoms with E-state index in [0.717, 1.165) is 41.6 Å². The van der Waals surface area contributed by atoms with Gasteiger partial charge in [-0.2, -0.15) is 9.97 Å². The molecule has 1 aliphatic heterocycles. The van der Waals surface area contributed by atoms with Gasteiger partial charge in [0.1, 0.15) is 35.7 Å². The number of rotatable bonds is 7. The van der Waals surface area contributed by atoms with Crippen LogP contribution in [0.2, 0.25) is 0 Å². The number of anilines is 2. The molecule has 206 valence electrons. The Kier molecular flexibility index (Phi) is 11.8. The highest BCUT2D eigenvalue weighted by molar-refractivity contribution is 7.17. The van der Waals surface area contributed by atoms with Gasteiger partial charge in [0.05, 0.1) is 0 Å². The predicted molar refractivity (Wildman–Crippen MR) is 143 cm³/mol. The summed E-state index contributed by atoms with van der Waals surface area (Å²) in [4.78, 5) is 33.0. The standard InChI is InChI=1S/C20H30N6O6S.CH4.2ClH/c1-8(2)11(21)18(29)31-7-10-12(27)13(28)17(32-10)26-16-14(33-20(26)30)15(24-19(22)25-16)23-9-5-3-4-6-9;;;/h8-13,17,27-28H,3-7,21H2,1-2H3,(H3,22,23,24,25);1H4;2*1H/t10-,11+,12-,13-,17-;;;/m1.../s1. The maximum atomic E-state index is 12.9. The average molecular weight is 572 g/mol. The van der Waals surface area contributed by atoms with Gasteiger partial charge in [0.15, 0.2) is 17.7 Å². The van der Waals surface area contributed by atoms with Crippen molar-refractivity contribution in [2.75, 3.05) is 17.7 Å². The molecule has 0 radical (unpaired) electrons. The molecule has 0 amide bonds. The highest BCUT2D eigenvalue weighted by Crippen LogP contribution is 2.34. The van der Waals surface area contributed by atoms with Crippen molar-refractivity contribution in [3.63, 3.8) is 0 Å². The number of aliphatic hydroxyl groups excluding tert-OH is 2. The lowest BCUT2D eigenvalue weighted by atomic mass is 10.1. The van der Waals surface area contributed by atoms with E-state index >= 15 is 0 Å². The monoisotopic (exact) mass is 570 g/mol. The third-order valence-electron chi connectivity index (χ3n) is 6.15. The molecule has 1 saturated heterocycles. The fraction of sp³-hybridized carbons (Fsp3) is 0.714. The lowest BCUT2D eigenvalue weighted by Gasteiger charge is -2.18. The Morgan fingerprint density at radius 2 is 1.89 bits per heavy atom. The Morgan fingerprint density at radius 3 is 2.50 bits per heavy atom. The Labute approximate surface area is 225 Å². The minimum atomic E-state index is -1.45. The molecule has 1 aliphatic carbocycles. The second kappa shape index (κ2) is 13.2. The van der Waals surface area contributed by atoms with Crippen molar-refractivity contribution in [2.24, 2.45) is 11.7 Å². The molecule has 1 saturated carbocycles. The number of esters is 1. The van der Waals surface area contributed by atoms with Crippen molar-refractivity contribution in [1.82, 2.24) is 14.5 Å². The van der Waals surface area contributed by atoms with Gasteiger partial charge >= 0.3 is 10.8 Å². The molecule has 15 heteroatoms. The van der Waals surface area contributed by atoms with Gasteiger partial charge in [-0.3, -0.25) is 14.2 Å². The van der Waals surface area contributed by atoms with Crippen LogP contribution >= 0.6 is 36.2 Å². The molecule has 2 fully saturated rings. The number of halogens is 2. The van der Waals surface area contributed by atoms with Crippen LogP contribution in [-0.2, 0) is 14.3 Å². The highest BCUT2D eigenvalue weighted by atomic mass is 35.5. The summed E-state index contributed by atoms with van der Waals surface area (Å²) >= 11 is 0.904. The normalized spacial score (nSPS) is 24.6. The third-order valence-corrected chi connectivity index (χ3v) is 7.10. The Morgan fingerprint density at radius 1 is 1.25 bits per heavy atom. The lowest BCUT2D eigenvalue weighted by molar-refractivity contribution is -0.152. The first-order valence-electron chi connectivity index (χ1n) is 11.1. The number of nitrogens with two attached hydrogens (primary N) is 2. The maximum Gasteiger partial charge on any atom is 0.323 e. The minimum Gasteiger partial charge on any atom is -0.462 e. The molecule has 5 atom stereocenters. The number of ether oxygens (including phenoxy) is 2. The molecule has 4 rings (SSSR count). The van der Waals surface area contributed by atoms with Crippen molar-refractivity contribution in [3.05, 3.63) is 9.67 Å². The number of nitrogens with zero attached hydrogens (tertiary/aromatic N) is 3. The summed E-state index contributed by atoms with van der Waals surface area (Å²) < 4.78 is 12.6. The smallest absolute Gasteiger partial charge is 0.323 e. The SMILES string of the molecule is C.CC(C)[C@H](N)C(=O)OC[C@H]1O[C@@H](n2c(=O)sc3c(NC4CCCC4)nc(N)nc32)[C@H](O)[C@@H]1O.Cl.Cl. The first kappa shape index (κ1) is 32.3.